The minimum absolute atomic E-state index is 0.152. The minimum atomic E-state index is -0.795. The molecule has 1 heterocycles. The van der Waals surface area contributed by atoms with Gasteiger partial charge in [-0.05, 0) is 45.7 Å². The summed E-state index contributed by atoms with van der Waals surface area (Å²) in [6.45, 7) is 6.09. The number of carbonyl (C=O) groups excluding carboxylic acids is 3. The average Bonchev–Trinajstić information content (AvgIpc) is 3.15. The van der Waals surface area contributed by atoms with Crippen molar-refractivity contribution in [2.45, 2.75) is 58.3 Å². The van der Waals surface area contributed by atoms with E-state index >= 15 is 0 Å². The molecule has 1 fully saturated rings. The number of esters is 1. The second kappa shape index (κ2) is 9.33. The van der Waals surface area contributed by atoms with Crippen molar-refractivity contribution in [1.82, 2.24) is 16.0 Å². The number of hydrogen-bond acceptors (Lipinski definition) is 5. The molecule has 1 aromatic rings. The van der Waals surface area contributed by atoms with E-state index < -0.39 is 24.0 Å². The molecule has 1 aliphatic heterocycles. The summed E-state index contributed by atoms with van der Waals surface area (Å²) in [5, 5.41) is 8.31. The normalized spacial score (nSPS) is 18.7. The Morgan fingerprint density at radius 3 is 2.46 bits per heavy atom. The molecule has 0 bridgehead atoms. The lowest BCUT2D eigenvalue weighted by molar-refractivity contribution is -0.148. The molecule has 0 unspecified atom stereocenters. The minimum Gasteiger partial charge on any atom is -0.459 e. The molecule has 0 radical (unpaired) electrons. The van der Waals surface area contributed by atoms with E-state index in [1.165, 1.54) is 0 Å². The van der Waals surface area contributed by atoms with Crippen molar-refractivity contribution >= 4 is 17.8 Å². The maximum atomic E-state index is 12.2. The maximum absolute atomic E-state index is 12.2. The first-order valence-corrected chi connectivity index (χ1v) is 8.93. The number of aryl methyl sites for hydroxylation is 1. The lowest BCUT2D eigenvalue weighted by Crippen LogP contribution is -2.52. The molecule has 26 heavy (non-hydrogen) atoms. The second-order valence-corrected chi connectivity index (χ2v) is 6.70. The zero-order valence-electron chi connectivity index (χ0n) is 15.5. The molecule has 142 valence electrons. The molecule has 0 saturated carbocycles. The number of rotatable bonds is 7. The van der Waals surface area contributed by atoms with Gasteiger partial charge in [0.1, 0.15) is 18.7 Å². The van der Waals surface area contributed by atoms with Gasteiger partial charge in [-0.25, -0.2) is 4.79 Å². The fourth-order valence-electron chi connectivity index (χ4n) is 2.65. The van der Waals surface area contributed by atoms with Gasteiger partial charge in [0.05, 0.1) is 6.04 Å². The van der Waals surface area contributed by atoms with E-state index in [9.17, 15) is 14.4 Å². The first-order valence-electron chi connectivity index (χ1n) is 8.93. The molecule has 2 amide bonds. The number of ether oxygens (including phenoxy) is 1. The summed E-state index contributed by atoms with van der Waals surface area (Å²) in [6, 6.07) is 5.90. The van der Waals surface area contributed by atoms with Crippen molar-refractivity contribution in [2.24, 2.45) is 0 Å². The average molecular weight is 361 g/mol. The van der Waals surface area contributed by atoms with E-state index in [0.29, 0.717) is 0 Å². The van der Waals surface area contributed by atoms with Gasteiger partial charge in [0.25, 0.3) is 0 Å². The lowest BCUT2D eigenvalue weighted by atomic mass is 10.2. The van der Waals surface area contributed by atoms with Crippen LogP contribution in [0.5, 0.6) is 0 Å². The smallest absolute Gasteiger partial charge is 0.328 e. The third-order valence-corrected chi connectivity index (χ3v) is 4.34. The summed E-state index contributed by atoms with van der Waals surface area (Å²) < 4.78 is 5.22. The molecule has 3 atom stereocenters. The summed E-state index contributed by atoms with van der Waals surface area (Å²) >= 11 is 0. The zero-order valence-corrected chi connectivity index (χ0v) is 15.5. The van der Waals surface area contributed by atoms with Crippen LogP contribution in [0, 0.1) is 6.92 Å². The van der Waals surface area contributed by atoms with Gasteiger partial charge in [-0.15, -0.1) is 0 Å². The molecule has 0 aromatic heterocycles. The van der Waals surface area contributed by atoms with Crippen LogP contribution in [0.25, 0.3) is 0 Å². The molecule has 1 aromatic carbocycles. The highest BCUT2D eigenvalue weighted by Crippen LogP contribution is 2.06. The molecule has 7 nitrogen and oxygen atoms in total. The Morgan fingerprint density at radius 1 is 1.15 bits per heavy atom. The number of hydrogen-bond donors (Lipinski definition) is 3. The Hall–Kier alpha value is -2.41. The van der Waals surface area contributed by atoms with Gasteiger partial charge in [-0.2, -0.15) is 0 Å². The summed E-state index contributed by atoms with van der Waals surface area (Å²) in [6.07, 6.45) is 1.71. The summed E-state index contributed by atoms with van der Waals surface area (Å²) in [4.78, 5) is 36.2. The summed E-state index contributed by atoms with van der Waals surface area (Å²) in [7, 11) is 0. The van der Waals surface area contributed by atoms with Crippen LogP contribution in [0.3, 0.4) is 0 Å². The first-order chi connectivity index (χ1) is 12.4. The van der Waals surface area contributed by atoms with Crippen molar-refractivity contribution < 1.29 is 19.1 Å². The maximum Gasteiger partial charge on any atom is 0.328 e. The number of carbonyl (C=O) groups is 3. The van der Waals surface area contributed by atoms with Crippen LogP contribution in [0.15, 0.2) is 24.3 Å². The molecule has 3 N–H and O–H groups in total. The first kappa shape index (κ1) is 19.9. The Balaban J connectivity index is 1.74. The third kappa shape index (κ3) is 5.84. The second-order valence-electron chi connectivity index (χ2n) is 6.70. The van der Waals surface area contributed by atoms with E-state index in [1.807, 2.05) is 31.2 Å². The highest BCUT2D eigenvalue weighted by atomic mass is 16.5. The van der Waals surface area contributed by atoms with Crippen molar-refractivity contribution in [3.05, 3.63) is 35.4 Å². The van der Waals surface area contributed by atoms with Crippen molar-refractivity contribution in [2.75, 3.05) is 6.54 Å². The molecule has 7 heteroatoms. The monoisotopic (exact) mass is 361 g/mol. The van der Waals surface area contributed by atoms with Crippen LogP contribution in [-0.2, 0) is 25.7 Å². The molecular formula is C19H27N3O4. The molecule has 1 aliphatic rings. The van der Waals surface area contributed by atoms with E-state index in [1.54, 1.807) is 13.8 Å². The van der Waals surface area contributed by atoms with Crippen LogP contribution in [0.2, 0.25) is 0 Å². The predicted octanol–water partition coefficient (Wildman–Crippen LogP) is 0.800. The topological polar surface area (TPSA) is 96.5 Å². The van der Waals surface area contributed by atoms with Crippen LogP contribution >= 0.6 is 0 Å². The molecule has 2 rings (SSSR count). The Morgan fingerprint density at radius 2 is 1.85 bits per heavy atom. The van der Waals surface area contributed by atoms with E-state index in [4.69, 9.17) is 4.74 Å². The third-order valence-electron chi connectivity index (χ3n) is 4.34. The lowest BCUT2D eigenvalue weighted by Gasteiger charge is -2.19. The van der Waals surface area contributed by atoms with Gasteiger partial charge in [0.15, 0.2) is 0 Å². The number of amides is 2. The van der Waals surface area contributed by atoms with Crippen molar-refractivity contribution in [3.63, 3.8) is 0 Å². The van der Waals surface area contributed by atoms with E-state index in [-0.39, 0.29) is 18.6 Å². The fourth-order valence-corrected chi connectivity index (χ4v) is 2.65. The Labute approximate surface area is 153 Å². The molecular weight excluding hydrogens is 334 g/mol. The number of benzene rings is 1. The quantitative estimate of drug-likeness (QED) is 0.624. The molecule has 0 aliphatic carbocycles. The highest BCUT2D eigenvalue weighted by Gasteiger charge is 2.26. The van der Waals surface area contributed by atoms with Crippen LogP contribution in [0.4, 0.5) is 0 Å². The highest BCUT2D eigenvalue weighted by molar-refractivity contribution is 5.91. The van der Waals surface area contributed by atoms with Crippen LogP contribution in [0.1, 0.15) is 37.8 Å². The molecule has 1 saturated heterocycles. The summed E-state index contributed by atoms with van der Waals surface area (Å²) in [5.74, 6) is -1.13. The number of nitrogens with one attached hydrogen (secondary N) is 3. The van der Waals surface area contributed by atoms with Gasteiger partial charge in [0.2, 0.25) is 11.8 Å². The Kier molecular flexibility index (Phi) is 7.15. The zero-order chi connectivity index (χ0) is 19.1. The van der Waals surface area contributed by atoms with Crippen molar-refractivity contribution in [3.8, 4) is 0 Å². The van der Waals surface area contributed by atoms with Gasteiger partial charge < -0.3 is 20.7 Å². The van der Waals surface area contributed by atoms with Gasteiger partial charge in [-0.1, -0.05) is 29.8 Å². The van der Waals surface area contributed by atoms with E-state index in [2.05, 4.69) is 16.0 Å². The van der Waals surface area contributed by atoms with Crippen molar-refractivity contribution in [1.29, 1.82) is 0 Å². The summed E-state index contributed by atoms with van der Waals surface area (Å²) in [5.41, 5.74) is 2.01. The standard InChI is InChI=1S/C19H27N3O4/c1-12-6-8-15(9-7-12)11-26-19(25)14(3)22-17(23)13(2)21-18(24)16-5-4-10-20-16/h6-9,13-14,16,20H,4-5,10-11H2,1-3H3,(H,21,24)(H,22,23)/t13-,14-,16+/m1/s1. The van der Waals surface area contributed by atoms with Gasteiger partial charge >= 0.3 is 5.97 Å². The van der Waals surface area contributed by atoms with E-state index in [0.717, 1.165) is 30.5 Å². The molecule has 0 spiro atoms. The fraction of sp³-hybridized carbons (Fsp3) is 0.526. The van der Waals surface area contributed by atoms with Crippen LogP contribution < -0.4 is 16.0 Å². The SMILES string of the molecule is Cc1ccc(COC(=O)[C@@H](C)NC(=O)[C@@H](C)NC(=O)[C@@H]2CCCN2)cc1. The Bertz CT molecular complexity index is 639. The largest absolute Gasteiger partial charge is 0.459 e. The predicted molar refractivity (Wildman–Crippen MR) is 97.2 cm³/mol. The van der Waals surface area contributed by atoms with Gasteiger partial charge in [0, 0.05) is 0 Å². The van der Waals surface area contributed by atoms with Crippen LogP contribution in [-0.4, -0.2) is 42.5 Å². The van der Waals surface area contributed by atoms with Gasteiger partial charge in [-0.3, -0.25) is 9.59 Å².